The predicted molar refractivity (Wildman–Crippen MR) is 229 cm³/mol. The molecule has 1 aromatic carbocycles. The van der Waals surface area contributed by atoms with Gasteiger partial charge in [-0.2, -0.15) is 0 Å². The van der Waals surface area contributed by atoms with Crippen molar-refractivity contribution >= 4 is 69.0 Å². The number of aromatic nitrogens is 1. The number of nitrogens with one attached hydrogen (secondary N) is 4. The number of benzene rings is 1. The zero-order valence-electron chi connectivity index (χ0n) is 37.2. The van der Waals surface area contributed by atoms with Crippen LogP contribution in [-0.2, 0) is 59.8 Å². The largest absolute Gasteiger partial charge is 1.00 e. The molecule has 0 aliphatic carbocycles. The second-order valence-electron chi connectivity index (χ2n) is 16.1. The molecule has 7 atom stereocenters. The molecule has 348 valence electrons. The number of amides is 5. The van der Waals surface area contributed by atoms with Crippen LogP contribution in [0.15, 0.2) is 46.9 Å². The molecule has 2 fully saturated rings. The maximum absolute atomic E-state index is 14.5. The summed E-state index contributed by atoms with van der Waals surface area (Å²) in [5.74, 6) is -6.52. The fourth-order valence-corrected chi connectivity index (χ4v) is 9.15. The number of likely N-dealkylation sites (tertiary alicyclic amines) is 1. The van der Waals surface area contributed by atoms with E-state index in [0.29, 0.717) is 35.5 Å². The van der Waals surface area contributed by atoms with E-state index >= 15 is 0 Å². The number of phenols is 1. The SMILES string of the molecule is CC[C@@H](C)[C@@H]1NC(=O)[C@@H]2CCCN2C(=O)[C@@H](NC(=O)[C@@H]2CCCN2C(=O)[C@@H](COC)NS(=O)(=O)[O-])COC(=O)/C(C)=C/C(C)=C\c2csc(n2)[C@H](Cc2ccc(O)cc2)NC(=O)C1=O.[Na+]. The maximum atomic E-state index is 14.5. The normalized spacial score (nSPS) is 25.3. The number of hydrogen-bond acceptors (Lipinski definition) is 15. The number of nitrogens with zero attached hydrogens (tertiary/aromatic N) is 3. The standard InChI is InChI=1S/C42H55N7O13S2.Na/c1-6-24(3)34-35(51)38(54)44-29(19-26-11-13-28(50)14-12-26)39-43-27(22-63-39)18-23(2)17-25(4)42(57)62-21-30(40(55)48-15-8-10-33(48)37(53)46-34)45-36(52)32-9-7-16-49(32)41(56)31(20-61-5)47-64(58,59)60;/h11-14,17-18,22,24,29-34,47,50H,6-10,15-16,19-21H2,1-5H3,(H,44,54)(H,45,52)(H,46,53)(H,58,59,60);/q;+1/p-1/b23-18-,25-17+;/t24-,29+,30+,31-,32+,33+,34+;/m1./s1. The molecule has 3 aliphatic rings. The Morgan fingerprint density at radius 3 is 2.42 bits per heavy atom. The van der Waals surface area contributed by atoms with E-state index in [1.54, 1.807) is 49.1 Å². The van der Waals surface area contributed by atoms with E-state index in [-0.39, 0.29) is 73.2 Å². The summed E-state index contributed by atoms with van der Waals surface area (Å²) in [5.41, 5.74) is 1.90. The number of cyclic esters (lactones) is 1. The number of carbonyl (C=O) groups is 7. The molecule has 0 saturated carbocycles. The molecule has 3 aliphatic heterocycles. The number of carbonyl (C=O) groups excluding carboxylic acids is 7. The Bertz CT molecular complexity index is 2270. The van der Waals surface area contributed by atoms with Crippen LogP contribution in [0.1, 0.15) is 82.1 Å². The summed E-state index contributed by atoms with van der Waals surface area (Å²) in [7, 11) is -3.92. The van der Waals surface area contributed by atoms with Gasteiger partial charge in [0.2, 0.25) is 29.4 Å². The van der Waals surface area contributed by atoms with Gasteiger partial charge in [0.25, 0.3) is 5.91 Å². The molecule has 20 nitrogen and oxygen atoms in total. The molecular weight excluding hydrogens is 898 g/mol. The number of esters is 1. The van der Waals surface area contributed by atoms with E-state index in [1.165, 1.54) is 48.5 Å². The van der Waals surface area contributed by atoms with Gasteiger partial charge in [-0.15, -0.1) is 11.3 Å². The van der Waals surface area contributed by atoms with Crippen LogP contribution in [0.2, 0.25) is 0 Å². The third kappa shape index (κ3) is 14.2. The molecule has 4 heterocycles. The first-order chi connectivity index (χ1) is 30.3. The number of Topliss-reactive ketones (excluding diaryl/α,β-unsaturated/α-hetero) is 1. The average molecular weight is 952 g/mol. The molecule has 0 spiro atoms. The van der Waals surface area contributed by atoms with Crippen molar-refractivity contribution in [3.63, 3.8) is 0 Å². The van der Waals surface area contributed by atoms with Crippen LogP contribution < -0.4 is 50.2 Å². The van der Waals surface area contributed by atoms with E-state index in [9.17, 15) is 51.6 Å². The van der Waals surface area contributed by atoms with Crippen molar-refractivity contribution < 1.29 is 90.7 Å². The molecule has 2 aromatic rings. The quantitative estimate of drug-likeness (QED) is 0.0692. The van der Waals surface area contributed by atoms with Crippen LogP contribution in [0.5, 0.6) is 5.75 Å². The topological polar surface area (TPSA) is 283 Å². The zero-order chi connectivity index (χ0) is 46.9. The second-order valence-corrected chi connectivity index (χ2v) is 18.1. The fraction of sp³-hybridized carbons (Fsp3) is 0.524. The van der Waals surface area contributed by atoms with Crippen LogP contribution in [0, 0.1) is 5.92 Å². The Morgan fingerprint density at radius 2 is 1.75 bits per heavy atom. The number of phenolic OH excluding ortho intramolecular Hbond substituents is 1. The van der Waals surface area contributed by atoms with Gasteiger partial charge in [0.05, 0.1) is 24.4 Å². The number of rotatable bonds is 11. The molecule has 5 N–H and O–H groups in total. The first kappa shape index (κ1) is 53.1. The number of aromatic hydroxyl groups is 1. The van der Waals surface area contributed by atoms with Gasteiger partial charge in [-0.05, 0) is 87.3 Å². The number of methoxy groups -OCH3 is 1. The minimum absolute atomic E-state index is 0. The fourth-order valence-electron chi connectivity index (χ4n) is 7.81. The van der Waals surface area contributed by atoms with E-state index < -0.39 is 107 Å². The van der Waals surface area contributed by atoms with Crippen molar-refractivity contribution in [3.8, 4) is 5.75 Å². The number of hydrogen-bond donors (Lipinski definition) is 5. The summed E-state index contributed by atoms with van der Waals surface area (Å²) in [6, 6.07) is -1.39. The number of allylic oxidation sites excluding steroid dienone is 2. The average Bonchev–Trinajstić information content (AvgIpc) is 4.05. The molecular formula is C42H54N7NaO13S2. The first-order valence-electron chi connectivity index (χ1n) is 20.9. The van der Waals surface area contributed by atoms with Gasteiger partial charge in [-0.3, -0.25) is 28.8 Å². The Balaban J connectivity index is 0.00000925. The minimum Gasteiger partial charge on any atom is -0.735 e. The molecule has 65 heavy (non-hydrogen) atoms. The third-order valence-corrected chi connectivity index (χ3v) is 12.8. The predicted octanol–water partition coefficient (Wildman–Crippen LogP) is -2.21. The Kier molecular flexibility index (Phi) is 19.4. The van der Waals surface area contributed by atoms with Crippen molar-refractivity contribution in [2.24, 2.45) is 5.92 Å². The molecule has 5 rings (SSSR count). The van der Waals surface area contributed by atoms with Crippen molar-refractivity contribution in [1.29, 1.82) is 0 Å². The number of ketones is 1. The van der Waals surface area contributed by atoms with Crippen LogP contribution >= 0.6 is 11.3 Å². The summed E-state index contributed by atoms with van der Waals surface area (Å²) >= 11 is 1.23. The van der Waals surface area contributed by atoms with Gasteiger partial charge in [-0.25, -0.2) is 22.9 Å². The molecule has 2 saturated heterocycles. The number of fused-ring (bicyclic) bond motifs is 3. The first-order valence-corrected chi connectivity index (χ1v) is 23.1. The van der Waals surface area contributed by atoms with Crippen LogP contribution in [0.25, 0.3) is 6.08 Å². The van der Waals surface area contributed by atoms with Crippen LogP contribution in [-0.4, -0.2) is 138 Å². The molecule has 0 unspecified atom stereocenters. The van der Waals surface area contributed by atoms with Crippen LogP contribution in [0.3, 0.4) is 0 Å². The van der Waals surface area contributed by atoms with Gasteiger partial charge < -0.3 is 44.9 Å². The summed E-state index contributed by atoms with van der Waals surface area (Å²) in [5, 5.41) is 20.2. The maximum Gasteiger partial charge on any atom is 1.00 e. The molecule has 2 bridgehead atoms. The summed E-state index contributed by atoms with van der Waals surface area (Å²) in [4.78, 5) is 104. The van der Waals surface area contributed by atoms with E-state index in [4.69, 9.17) is 14.5 Å². The Morgan fingerprint density at radius 1 is 1.06 bits per heavy atom. The smallest absolute Gasteiger partial charge is 0.735 e. The van der Waals surface area contributed by atoms with Gasteiger partial charge in [0, 0.05) is 31.2 Å². The van der Waals surface area contributed by atoms with Gasteiger partial charge in [0.1, 0.15) is 41.5 Å². The summed E-state index contributed by atoms with van der Waals surface area (Å²) < 4.78 is 46.7. The van der Waals surface area contributed by atoms with E-state index in [1.807, 2.05) is 0 Å². The van der Waals surface area contributed by atoms with E-state index in [0.717, 1.165) is 10.5 Å². The zero-order valence-corrected chi connectivity index (χ0v) is 40.8. The number of thiazole rings is 1. The second kappa shape index (κ2) is 23.8. The molecule has 1 aromatic heterocycles. The van der Waals surface area contributed by atoms with Crippen molar-refractivity contribution in [3.05, 3.63) is 63.1 Å². The monoisotopic (exact) mass is 951 g/mol. The van der Waals surface area contributed by atoms with Crippen LogP contribution in [0.4, 0.5) is 0 Å². The van der Waals surface area contributed by atoms with Crippen molar-refractivity contribution in [2.45, 2.75) is 102 Å². The van der Waals surface area contributed by atoms with E-state index in [2.05, 4.69) is 16.0 Å². The summed E-state index contributed by atoms with van der Waals surface area (Å²) in [6.45, 7) is 5.53. The van der Waals surface area contributed by atoms with Crippen molar-refractivity contribution in [1.82, 2.24) is 35.5 Å². The molecule has 5 amide bonds. The number of ether oxygens (including phenoxy) is 2. The Hall–Kier alpha value is -4.55. The molecule has 23 heteroatoms. The third-order valence-electron chi connectivity index (χ3n) is 11.3. The Labute approximate surface area is 403 Å². The van der Waals surface area contributed by atoms with Gasteiger partial charge in [-0.1, -0.05) is 32.4 Å². The minimum atomic E-state index is -5.11. The molecule has 0 radical (unpaired) electrons. The van der Waals surface area contributed by atoms with Gasteiger partial charge in [0.15, 0.2) is 10.3 Å². The van der Waals surface area contributed by atoms with Gasteiger partial charge >= 0.3 is 35.5 Å². The van der Waals surface area contributed by atoms with Crippen molar-refractivity contribution in [2.75, 3.05) is 33.4 Å². The summed E-state index contributed by atoms with van der Waals surface area (Å²) in [6.07, 6.45) is 4.70.